The minimum absolute atomic E-state index is 0.141. The largest absolute Gasteiger partial charge is 0.363 e. The zero-order valence-corrected chi connectivity index (χ0v) is 11.8. The van der Waals surface area contributed by atoms with Crippen LogP contribution < -0.4 is 10.6 Å². The van der Waals surface area contributed by atoms with Crippen molar-refractivity contribution in [2.75, 3.05) is 24.2 Å². The van der Waals surface area contributed by atoms with Crippen LogP contribution in [0.3, 0.4) is 0 Å². The summed E-state index contributed by atoms with van der Waals surface area (Å²) < 4.78 is 0. The zero-order valence-electron chi connectivity index (χ0n) is 11.0. The highest BCUT2D eigenvalue weighted by Gasteiger charge is 2.18. The second-order valence-corrected chi connectivity index (χ2v) is 5.01. The lowest BCUT2D eigenvalue weighted by molar-refractivity contribution is -0.384. The Hall–Kier alpha value is -2.29. The molecule has 1 unspecified atom stereocenters. The van der Waals surface area contributed by atoms with Crippen LogP contribution in [0, 0.1) is 10.1 Å². The highest BCUT2D eigenvalue weighted by atomic mass is 32.1. The van der Waals surface area contributed by atoms with E-state index in [0.29, 0.717) is 12.5 Å². The number of hydrogen-bond acceptors (Lipinski definition) is 8. The van der Waals surface area contributed by atoms with Gasteiger partial charge >= 0.3 is 5.69 Å². The maximum atomic E-state index is 10.9. The van der Waals surface area contributed by atoms with Crippen LogP contribution in [-0.4, -0.2) is 33.5 Å². The summed E-state index contributed by atoms with van der Waals surface area (Å²) >= 11 is 1.55. The minimum atomic E-state index is -0.504. The van der Waals surface area contributed by atoms with Gasteiger partial charge in [-0.25, -0.2) is 9.97 Å². The van der Waals surface area contributed by atoms with Gasteiger partial charge in [-0.2, -0.15) is 4.98 Å². The number of anilines is 2. The Morgan fingerprint density at radius 2 is 2.30 bits per heavy atom. The van der Waals surface area contributed by atoms with E-state index in [0.717, 1.165) is 5.01 Å². The summed E-state index contributed by atoms with van der Waals surface area (Å²) in [7, 11) is 1.66. The molecule has 0 fully saturated rings. The molecule has 0 amide bonds. The minimum Gasteiger partial charge on any atom is -0.363 e. The van der Waals surface area contributed by atoms with Crippen molar-refractivity contribution >= 4 is 28.8 Å². The van der Waals surface area contributed by atoms with Gasteiger partial charge in [-0.1, -0.05) is 6.92 Å². The van der Waals surface area contributed by atoms with Crippen LogP contribution in [0.4, 0.5) is 17.5 Å². The fraction of sp³-hybridized carbons (Fsp3) is 0.364. The van der Waals surface area contributed by atoms with E-state index in [2.05, 4.69) is 25.6 Å². The van der Waals surface area contributed by atoms with Crippen LogP contribution in [0.15, 0.2) is 17.8 Å². The van der Waals surface area contributed by atoms with Crippen LogP contribution in [0.1, 0.15) is 17.8 Å². The second-order valence-electron chi connectivity index (χ2n) is 4.09. The molecule has 1 atom stereocenters. The molecular weight excluding hydrogens is 280 g/mol. The van der Waals surface area contributed by atoms with E-state index in [-0.39, 0.29) is 17.4 Å². The number of rotatable bonds is 6. The number of nitrogens with zero attached hydrogens (tertiary/aromatic N) is 4. The van der Waals surface area contributed by atoms with Crippen molar-refractivity contribution < 1.29 is 4.92 Å². The van der Waals surface area contributed by atoms with Crippen molar-refractivity contribution in [3.8, 4) is 0 Å². The van der Waals surface area contributed by atoms with E-state index in [1.807, 2.05) is 12.3 Å². The third-order valence-corrected chi connectivity index (χ3v) is 3.65. The molecular formula is C11H14N6O2S. The van der Waals surface area contributed by atoms with Crippen LogP contribution in [0.25, 0.3) is 0 Å². The Bertz CT molecular complexity index is 589. The summed E-state index contributed by atoms with van der Waals surface area (Å²) in [6.07, 6.45) is 2.93. The number of aromatic nitrogens is 3. The van der Waals surface area contributed by atoms with Crippen LogP contribution in [-0.2, 0) is 0 Å². The first kappa shape index (κ1) is 14.1. The van der Waals surface area contributed by atoms with E-state index < -0.39 is 4.92 Å². The average Bonchev–Trinajstić information content (AvgIpc) is 2.98. The van der Waals surface area contributed by atoms with Gasteiger partial charge in [0.15, 0.2) is 0 Å². The Balaban J connectivity index is 2.13. The molecule has 0 bridgehead atoms. The summed E-state index contributed by atoms with van der Waals surface area (Å²) in [5.41, 5.74) is -0.143. The van der Waals surface area contributed by atoms with Gasteiger partial charge in [-0.05, 0) is 0 Å². The lowest BCUT2D eigenvalue weighted by Gasteiger charge is -2.11. The number of thiazole rings is 1. The summed E-state index contributed by atoms with van der Waals surface area (Å²) in [4.78, 5) is 22.6. The molecule has 0 aliphatic carbocycles. The number of hydrogen-bond donors (Lipinski definition) is 2. The molecule has 2 rings (SSSR count). The molecule has 0 spiro atoms. The van der Waals surface area contributed by atoms with Crippen molar-refractivity contribution in [1.29, 1.82) is 0 Å². The van der Waals surface area contributed by atoms with Gasteiger partial charge in [-0.3, -0.25) is 10.1 Å². The first-order valence-electron chi connectivity index (χ1n) is 5.94. The Kier molecular flexibility index (Phi) is 4.41. The zero-order chi connectivity index (χ0) is 14.5. The highest BCUT2D eigenvalue weighted by molar-refractivity contribution is 7.09. The predicted octanol–water partition coefficient (Wildman–Crippen LogP) is 2.10. The first-order valence-corrected chi connectivity index (χ1v) is 6.82. The standard InChI is InChI=1S/C11H14N6O2S/c1-7(10-13-3-4-20-10)5-14-9-8(17(18)19)6-15-11(12-2)16-9/h3-4,6-7H,5H2,1-2H3,(H2,12,14,15,16). The fourth-order valence-corrected chi connectivity index (χ4v) is 2.27. The molecule has 2 aromatic heterocycles. The maximum absolute atomic E-state index is 10.9. The summed E-state index contributed by atoms with van der Waals surface area (Å²) in [6, 6.07) is 0. The summed E-state index contributed by atoms with van der Waals surface area (Å²) in [5, 5.41) is 19.6. The predicted molar refractivity (Wildman–Crippen MR) is 77.3 cm³/mol. The quantitative estimate of drug-likeness (QED) is 0.620. The maximum Gasteiger partial charge on any atom is 0.329 e. The van der Waals surface area contributed by atoms with Crippen molar-refractivity contribution in [3.63, 3.8) is 0 Å². The molecule has 2 aromatic rings. The SMILES string of the molecule is CNc1ncc([N+](=O)[O-])c(NCC(C)c2nccs2)n1. The lowest BCUT2D eigenvalue weighted by atomic mass is 10.2. The van der Waals surface area contributed by atoms with Gasteiger partial charge in [-0.15, -0.1) is 11.3 Å². The van der Waals surface area contributed by atoms with Gasteiger partial charge in [0.05, 0.1) is 9.93 Å². The van der Waals surface area contributed by atoms with Crippen molar-refractivity contribution in [2.45, 2.75) is 12.8 Å². The Morgan fingerprint density at radius 1 is 1.50 bits per heavy atom. The van der Waals surface area contributed by atoms with Crippen LogP contribution >= 0.6 is 11.3 Å². The Labute approximate surface area is 119 Å². The molecule has 0 aliphatic heterocycles. The summed E-state index contributed by atoms with van der Waals surface area (Å²) in [5.74, 6) is 0.681. The van der Waals surface area contributed by atoms with Gasteiger partial charge < -0.3 is 10.6 Å². The molecule has 9 heteroatoms. The third-order valence-electron chi connectivity index (χ3n) is 2.64. The topological polar surface area (TPSA) is 106 Å². The van der Waals surface area contributed by atoms with E-state index >= 15 is 0 Å². The molecule has 8 nitrogen and oxygen atoms in total. The van der Waals surface area contributed by atoms with E-state index in [1.165, 1.54) is 6.20 Å². The van der Waals surface area contributed by atoms with Crippen LogP contribution in [0.2, 0.25) is 0 Å². The van der Waals surface area contributed by atoms with E-state index in [9.17, 15) is 10.1 Å². The van der Waals surface area contributed by atoms with E-state index in [1.54, 1.807) is 24.6 Å². The van der Waals surface area contributed by atoms with Crippen molar-refractivity contribution in [1.82, 2.24) is 15.0 Å². The molecule has 0 radical (unpaired) electrons. The number of nitrogens with one attached hydrogen (secondary N) is 2. The van der Waals surface area contributed by atoms with Crippen LogP contribution in [0.5, 0.6) is 0 Å². The van der Waals surface area contributed by atoms with Crippen molar-refractivity contribution in [2.24, 2.45) is 0 Å². The van der Waals surface area contributed by atoms with Gasteiger partial charge in [0.2, 0.25) is 11.8 Å². The molecule has 20 heavy (non-hydrogen) atoms. The number of nitro groups is 1. The monoisotopic (exact) mass is 294 g/mol. The molecule has 2 heterocycles. The first-order chi connectivity index (χ1) is 9.61. The lowest BCUT2D eigenvalue weighted by Crippen LogP contribution is -2.13. The highest BCUT2D eigenvalue weighted by Crippen LogP contribution is 2.24. The van der Waals surface area contributed by atoms with E-state index in [4.69, 9.17) is 0 Å². The van der Waals surface area contributed by atoms with Crippen molar-refractivity contribution in [3.05, 3.63) is 32.9 Å². The smallest absolute Gasteiger partial charge is 0.329 e. The van der Waals surface area contributed by atoms with Gasteiger partial charge in [0.25, 0.3) is 0 Å². The van der Waals surface area contributed by atoms with Gasteiger partial charge in [0, 0.05) is 31.1 Å². The Morgan fingerprint density at radius 3 is 2.90 bits per heavy atom. The summed E-state index contributed by atoms with van der Waals surface area (Å²) in [6.45, 7) is 2.51. The van der Waals surface area contributed by atoms with Gasteiger partial charge in [0.1, 0.15) is 6.20 Å². The molecule has 0 saturated heterocycles. The molecule has 0 aliphatic rings. The molecule has 2 N–H and O–H groups in total. The second kappa shape index (κ2) is 6.24. The fourth-order valence-electron chi connectivity index (χ4n) is 1.57. The normalized spacial score (nSPS) is 11.9. The molecule has 106 valence electrons. The third kappa shape index (κ3) is 3.18. The average molecular weight is 294 g/mol. The molecule has 0 saturated carbocycles. The molecule has 0 aromatic carbocycles.